The maximum absolute atomic E-state index is 12.6. The Hall–Kier alpha value is -3.82. The van der Waals surface area contributed by atoms with Crippen molar-refractivity contribution in [2.45, 2.75) is 45.9 Å². The first-order valence-electron chi connectivity index (χ1n) is 11.8. The van der Waals surface area contributed by atoms with Crippen LogP contribution in [0.15, 0.2) is 54.7 Å². The Morgan fingerprint density at radius 3 is 2.39 bits per heavy atom. The maximum Gasteiger partial charge on any atom is 0.280 e. The van der Waals surface area contributed by atoms with Crippen LogP contribution < -0.4 is 15.0 Å². The molecule has 10 heteroatoms. The van der Waals surface area contributed by atoms with E-state index in [1.807, 2.05) is 4.90 Å². The van der Waals surface area contributed by atoms with Crippen molar-refractivity contribution >= 4 is 17.4 Å². The van der Waals surface area contributed by atoms with Gasteiger partial charge in [0, 0.05) is 56.6 Å². The zero-order chi connectivity index (χ0) is 25.7. The van der Waals surface area contributed by atoms with Crippen molar-refractivity contribution in [3.8, 4) is 5.88 Å². The number of alkyl halides is 2. The van der Waals surface area contributed by atoms with Crippen LogP contribution in [0.2, 0.25) is 0 Å². The van der Waals surface area contributed by atoms with E-state index in [0.29, 0.717) is 30.4 Å². The van der Waals surface area contributed by atoms with Gasteiger partial charge < -0.3 is 19.9 Å². The predicted molar refractivity (Wildman–Crippen MR) is 133 cm³/mol. The fourth-order valence-electron chi connectivity index (χ4n) is 4.28. The van der Waals surface area contributed by atoms with Crippen molar-refractivity contribution < 1.29 is 18.3 Å². The van der Waals surface area contributed by atoms with Crippen LogP contribution in [0, 0.1) is 0 Å². The summed E-state index contributed by atoms with van der Waals surface area (Å²) in [5.74, 6) is 1.05. The van der Waals surface area contributed by atoms with E-state index in [1.54, 1.807) is 25.1 Å². The van der Waals surface area contributed by atoms with Crippen molar-refractivity contribution in [1.29, 1.82) is 0 Å². The predicted octanol–water partition coefficient (Wildman–Crippen LogP) is 4.45. The summed E-state index contributed by atoms with van der Waals surface area (Å²) < 4.78 is 30.7. The van der Waals surface area contributed by atoms with Gasteiger partial charge in [0.2, 0.25) is 11.8 Å². The molecule has 3 heterocycles. The van der Waals surface area contributed by atoms with E-state index in [1.165, 1.54) is 12.3 Å². The summed E-state index contributed by atoms with van der Waals surface area (Å²) in [4.78, 5) is 19.8. The minimum absolute atomic E-state index is 0.114. The van der Waals surface area contributed by atoms with Crippen molar-refractivity contribution in [3.63, 3.8) is 0 Å². The van der Waals surface area contributed by atoms with Crippen molar-refractivity contribution in [3.05, 3.63) is 71.5 Å². The van der Waals surface area contributed by atoms with Gasteiger partial charge in [-0.05, 0) is 43.7 Å². The number of rotatable bonds is 8. The molecule has 36 heavy (non-hydrogen) atoms. The van der Waals surface area contributed by atoms with Gasteiger partial charge in [0.05, 0.1) is 5.54 Å². The van der Waals surface area contributed by atoms with Gasteiger partial charge in [-0.15, -0.1) is 10.2 Å². The highest BCUT2D eigenvalue weighted by molar-refractivity contribution is 5.74. The molecule has 8 nitrogen and oxygen atoms in total. The van der Waals surface area contributed by atoms with Gasteiger partial charge in [-0.3, -0.25) is 9.78 Å². The summed E-state index contributed by atoms with van der Waals surface area (Å²) in [5, 5.41) is 11.4. The second-order valence-corrected chi connectivity index (χ2v) is 9.36. The quantitative estimate of drug-likeness (QED) is 0.493. The van der Waals surface area contributed by atoms with Gasteiger partial charge in [0.15, 0.2) is 0 Å². The molecule has 4 rings (SSSR count). The van der Waals surface area contributed by atoms with E-state index < -0.39 is 6.43 Å². The molecule has 1 fully saturated rings. The number of halogens is 2. The van der Waals surface area contributed by atoms with E-state index in [-0.39, 0.29) is 23.7 Å². The molecular formula is C26H30F2N6O2. The number of benzene rings is 1. The lowest BCUT2D eigenvalue weighted by atomic mass is 9.98. The molecule has 0 bridgehead atoms. The molecule has 0 aliphatic carbocycles. The Labute approximate surface area is 209 Å². The van der Waals surface area contributed by atoms with Crippen LogP contribution >= 0.6 is 0 Å². The molecule has 1 amide bonds. The zero-order valence-corrected chi connectivity index (χ0v) is 20.6. The molecular weight excluding hydrogens is 466 g/mol. The fraction of sp³-hybridized carbons (Fsp3) is 0.385. The van der Waals surface area contributed by atoms with E-state index in [4.69, 9.17) is 4.74 Å². The molecule has 0 atom stereocenters. The average Bonchev–Trinajstić information content (AvgIpc) is 2.86. The summed E-state index contributed by atoms with van der Waals surface area (Å²) in [6.07, 6.45) is -1.23. The zero-order valence-electron chi connectivity index (χ0n) is 20.6. The van der Waals surface area contributed by atoms with Crippen LogP contribution in [0.5, 0.6) is 5.88 Å². The first-order chi connectivity index (χ1) is 17.2. The number of carbonyl (C=O) groups excluding carboxylic acids is 1. The number of anilines is 2. The summed E-state index contributed by atoms with van der Waals surface area (Å²) in [6.45, 7) is 8.87. The molecule has 1 N–H and O–H groups in total. The molecule has 1 aromatic carbocycles. The monoisotopic (exact) mass is 496 g/mol. The number of hydrogen-bond donors (Lipinski definition) is 1. The van der Waals surface area contributed by atoms with E-state index >= 15 is 0 Å². The molecule has 0 radical (unpaired) electrons. The normalized spacial score (nSPS) is 15.2. The number of ether oxygens (including phenoxy) is 1. The van der Waals surface area contributed by atoms with Crippen LogP contribution in [0.25, 0.3) is 0 Å². The van der Waals surface area contributed by atoms with Gasteiger partial charge >= 0.3 is 0 Å². The highest BCUT2D eigenvalue weighted by Gasteiger charge is 2.35. The van der Waals surface area contributed by atoms with Gasteiger partial charge in [-0.1, -0.05) is 18.2 Å². The number of nitrogens with zero attached hydrogens (tertiary/aromatic N) is 5. The minimum Gasteiger partial charge on any atom is -0.472 e. The van der Waals surface area contributed by atoms with E-state index in [9.17, 15) is 13.6 Å². The lowest BCUT2D eigenvalue weighted by Crippen LogP contribution is -2.60. The lowest BCUT2D eigenvalue weighted by molar-refractivity contribution is -0.134. The maximum atomic E-state index is 12.6. The number of amides is 1. The van der Waals surface area contributed by atoms with Crippen LogP contribution in [0.4, 0.5) is 20.3 Å². The van der Waals surface area contributed by atoms with Crippen LogP contribution in [-0.2, 0) is 17.9 Å². The molecule has 1 aliphatic heterocycles. The average molecular weight is 497 g/mol. The Morgan fingerprint density at radius 2 is 1.81 bits per heavy atom. The molecule has 3 aromatic rings. The molecule has 0 saturated carbocycles. The number of piperazine rings is 1. The Morgan fingerprint density at radius 1 is 1.06 bits per heavy atom. The second-order valence-electron chi connectivity index (χ2n) is 9.36. The highest BCUT2D eigenvalue weighted by Crippen LogP contribution is 2.26. The summed E-state index contributed by atoms with van der Waals surface area (Å²) in [6, 6.07) is 14.6. The Kier molecular flexibility index (Phi) is 7.61. The SMILES string of the molecule is CC(=O)N1CCN(c2ccc(CNc3ccc(OCc4ccc(C(F)F)nc4)nn3)cc2)CC1(C)C. The smallest absolute Gasteiger partial charge is 0.280 e. The van der Waals surface area contributed by atoms with Crippen LogP contribution in [-0.4, -0.2) is 51.2 Å². The van der Waals surface area contributed by atoms with Crippen molar-refractivity contribution in [2.75, 3.05) is 29.9 Å². The number of carbonyl (C=O) groups is 1. The second kappa shape index (κ2) is 10.8. The van der Waals surface area contributed by atoms with Gasteiger partial charge in [0.1, 0.15) is 18.1 Å². The fourth-order valence-corrected chi connectivity index (χ4v) is 4.28. The number of pyridine rings is 1. The molecule has 1 saturated heterocycles. The third-order valence-corrected chi connectivity index (χ3v) is 6.16. The topological polar surface area (TPSA) is 83.5 Å². The highest BCUT2D eigenvalue weighted by atomic mass is 19.3. The Balaban J connectivity index is 1.26. The van der Waals surface area contributed by atoms with E-state index in [0.717, 1.165) is 24.3 Å². The standard InChI is InChI=1S/C26H30F2N6O2/c1-18(35)34-13-12-33(17-26(34,2)3)21-7-4-19(5-8-21)14-30-23-10-11-24(32-31-23)36-16-20-6-9-22(25(27)28)29-15-20/h4-11,15,25H,12-14,16-17H2,1-3H3,(H,30,31). The van der Waals surface area contributed by atoms with Crippen molar-refractivity contribution in [2.24, 2.45) is 0 Å². The first-order valence-corrected chi connectivity index (χ1v) is 11.8. The van der Waals surface area contributed by atoms with Crippen molar-refractivity contribution in [1.82, 2.24) is 20.1 Å². The van der Waals surface area contributed by atoms with Gasteiger partial charge in [-0.25, -0.2) is 8.78 Å². The molecule has 2 aromatic heterocycles. The number of hydrogen-bond acceptors (Lipinski definition) is 7. The molecule has 0 spiro atoms. The minimum atomic E-state index is -2.59. The van der Waals surface area contributed by atoms with Gasteiger partial charge in [-0.2, -0.15) is 0 Å². The Bertz CT molecular complexity index is 1150. The third kappa shape index (κ3) is 6.24. The number of nitrogens with one attached hydrogen (secondary N) is 1. The third-order valence-electron chi connectivity index (χ3n) is 6.16. The van der Waals surface area contributed by atoms with Crippen LogP contribution in [0.1, 0.15) is 44.0 Å². The molecule has 190 valence electrons. The largest absolute Gasteiger partial charge is 0.472 e. The summed E-state index contributed by atoms with van der Waals surface area (Å²) in [5.41, 5.74) is 2.42. The lowest BCUT2D eigenvalue weighted by Gasteiger charge is -2.47. The summed E-state index contributed by atoms with van der Waals surface area (Å²) in [7, 11) is 0. The van der Waals surface area contributed by atoms with Crippen LogP contribution in [0.3, 0.4) is 0 Å². The molecule has 0 unspecified atom stereocenters. The van der Waals surface area contributed by atoms with E-state index in [2.05, 4.69) is 63.5 Å². The first kappa shape index (κ1) is 25.3. The van der Waals surface area contributed by atoms with Gasteiger partial charge in [0.25, 0.3) is 6.43 Å². The number of aromatic nitrogens is 3. The summed E-state index contributed by atoms with van der Waals surface area (Å²) >= 11 is 0. The molecule has 1 aliphatic rings.